The van der Waals surface area contributed by atoms with E-state index in [1.54, 1.807) is 0 Å². The quantitative estimate of drug-likeness (QED) is 0.822. The van der Waals surface area contributed by atoms with Gasteiger partial charge in [0, 0.05) is 12.5 Å². The standard InChI is InChI=1S/C13H15F2NO/c14-10-5-3-6-11(15)13(10)12(17)8-9-4-1-2-7-16-9/h3,5-6,9,16H,1-2,4,7-8H2. The van der Waals surface area contributed by atoms with Crippen LogP contribution in [-0.4, -0.2) is 18.4 Å². The Morgan fingerprint density at radius 1 is 1.29 bits per heavy atom. The number of rotatable bonds is 3. The topological polar surface area (TPSA) is 29.1 Å². The van der Waals surface area contributed by atoms with Crippen molar-refractivity contribution >= 4 is 5.78 Å². The minimum atomic E-state index is -0.772. The van der Waals surface area contributed by atoms with Crippen molar-refractivity contribution in [3.05, 3.63) is 35.4 Å². The van der Waals surface area contributed by atoms with Crippen LogP contribution >= 0.6 is 0 Å². The largest absolute Gasteiger partial charge is 0.314 e. The van der Waals surface area contributed by atoms with Crippen molar-refractivity contribution < 1.29 is 13.6 Å². The highest BCUT2D eigenvalue weighted by Gasteiger charge is 2.22. The Kier molecular flexibility index (Phi) is 3.84. The molecule has 1 aliphatic heterocycles. The number of benzene rings is 1. The molecule has 0 aromatic heterocycles. The van der Waals surface area contributed by atoms with E-state index < -0.39 is 23.0 Å². The highest BCUT2D eigenvalue weighted by Crippen LogP contribution is 2.18. The van der Waals surface area contributed by atoms with Crippen molar-refractivity contribution in [3.8, 4) is 0 Å². The van der Waals surface area contributed by atoms with Crippen LogP contribution in [0.4, 0.5) is 8.78 Å². The first-order valence-electron chi connectivity index (χ1n) is 5.89. The SMILES string of the molecule is O=C(CC1CCCCN1)c1c(F)cccc1F. The van der Waals surface area contributed by atoms with Gasteiger partial charge in [-0.15, -0.1) is 0 Å². The third-order valence-corrected chi connectivity index (χ3v) is 3.09. The summed E-state index contributed by atoms with van der Waals surface area (Å²) in [5.74, 6) is -2.00. The fourth-order valence-electron chi connectivity index (χ4n) is 2.19. The molecule has 2 rings (SSSR count). The van der Waals surface area contributed by atoms with Crippen LogP contribution in [0.1, 0.15) is 36.0 Å². The first kappa shape index (κ1) is 12.2. The summed E-state index contributed by atoms with van der Waals surface area (Å²) in [5.41, 5.74) is -0.403. The molecule has 0 saturated carbocycles. The van der Waals surface area contributed by atoms with Crippen LogP contribution in [0.2, 0.25) is 0 Å². The third kappa shape index (κ3) is 2.88. The summed E-state index contributed by atoms with van der Waals surface area (Å²) < 4.78 is 26.7. The summed E-state index contributed by atoms with van der Waals surface area (Å²) in [7, 11) is 0. The zero-order chi connectivity index (χ0) is 12.3. The van der Waals surface area contributed by atoms with Crippen LogP contribution in [0.25, 0.3) is 0 Å². The fraction of sp³-hybridized carbons (Fsp3) is 0.462. The molecule has 1 aliphatic rings. The van der Waals surface area contributed by atoms with E-state index in [0.717, 1.165) is 37.9 Å². The molecule has 0 aliphatic carbocycles. The molecular formula is C13H15F2NO. The van der Waals surface area contributed by atoms with Gasteiger partial charge in [-0.2, -0.15) is 0 Å². The van der Waals surface area contributed by atoms with Gasteiger partial charge < -0.3 is 5.32 Å². The molecule has 92 valence electrons. The number of hydrogen-bond donors (Lipinski definition) is 1. The molecule has 1 unspecified atom stereocenters. The molecule has 1 saturated heterocycles. The third-order valence-electron chi connectivity index (χ3n) is 3.09. The zero-order valence-electron chi connectivity index (χ0n) is 9.51. The summed E-state index contributed by atoms with van der Waals surface area (Å²) in [6, 6.07) is 3.55. The van der Waals surface area contributed by atoms with E-state index in [-0.39, 0.29) is 12.5 Å². The Bertz CT molecular complexity index is 394. The van der Waals surface area contributed by atoms with Crippen molar-refractivity contribution in [2.75, 3.05) is 6.54 Å². The molecule has 0 amide bonds. The molecule has 1 aromatic rings. The van der Waals surface area contributed by atoms with Crippen molar-refractivity contribution in [2.45, 2.75) is 31.7 Å². The van der Waals surface area contributed by atoms with Crippen LogP contribution in [0.3, 0.4) is 0 Å². The van der Waals surface area contributed by atoms with Crippen molar-refractivity contribution in [3.63, 3.8) is 0 Å². The maximum absolute atomic E-state index is 13.4. The van der Waals surface area contributed by atoms with Crippen LogP contribution in [0.5, 0.6) is 0 Å². The van der Waals surface area contributed by atoms with Gasteiger partial charge in [0.2, 0.25) is 0 Å². The van der Waals surface area contributed by atoms with Crippen LogP contribution in [0, 0.1) is 11.6 Å². The zero-order valence-corrected chi connectivity index (χ0v) is 9.51. The predicted octanol–water partition coefficient (Wildman–Crippen LogP) is 2.68. The van der Waals surface area contributed by atoms with E-state index in [2.05, 4.69) is 5.32 Å². The molecule has 1 fully saturated rings. The highest BCUT2D eigenvalue weighted by atomic mass is 19.1. The van der Waals surface area contributed by atoms with Gasteiger partial charge in [0.05, 0.1) is 5.56 Å². The molecule has 1 N–H and O–H groups in total. The van der Waals surface area contributed by atoms with E-state index in [9.17, 15) is 13.6 Å². The number of nitrogens with one attached hydrogen (secondary N) is 1. The summed E-state index contributed by atoms with van der Waals surface area (Å²) in [6.07, 6.45) is 3.21. The molecular weight excluding hydrogens is 224 g/mol. The first-order chi connectivity index (χ1) is 8.18. The van der Waals surface area contributed by atoms with Gasteiger partial charge in [-0.25, -0.2) is 8.78 Å². The molecule has 0 radical (unpaired) electrons. The van der Waals surface area contributed by atoms with Crippen molar-refractivity contribution in [1.29, 1.82) is 0 Å². The predicted molar refractivity (Wildman–Crippen MR) is 60.9 cm³/mol. The monoisotopic (exact) mass is 239 g/mol. The van der Waals surface area contributed by atoms with Gasteiger partial charge in [0.15, 0.2) is 5.78 Å². The Labute approximate surface area is 99.0 Å². The number of hydrogen-bond acceptors (Lipinski definition) is 2. The average Bonchev–Trinajstić information content (AvgIpc) is 2.30. The van der Waals surface area contributed by atoms with Gasteiger partial charge >= 0.3 is 0 Å². The number of Topliss-reactive ketones (excluding diaryl/α,β-unsaturated/α-hetero) is 1. The molecule has 4 heteroatoms. The summed E-state index contributed by atoms with van der Waals surface area (Å²) in [6.45, 7) is 0.873. The van der Waals surface area contributed by atoms with E-state index in [0.29, 0.717) is 0 Å². The van der Waals surface area contributed by atoms with Gasteiger partial charge in [-0.05, 0) is 31.5 Å². The lowest BCUT2D eigenvalue weighted by Crippen LogP contribution is -2.35. The first-order valence-corrected chi connectivity index (χ1v) is 5.89. The summed E-state index contributed by atoms with van der Waals surface area (Å²) in [5, 5.41) is 3.19. The second kappa shape index (κ2) is 5.36. The van der Waals surface area contributed by atoms with Crippen LogP contribution in [0.15, 0.2) is 18.2 Å². The fourth-order valence-corrected chi connectivity index (χ4v) is 2.19. The number of halogens is 2. The lowest BCUT2D eigenvalue weighted by molar-refractivity contribution is 0.0955. The summed E-state index contributed by atoms with van der Waals surface area (Å²) >= 11 is 0. The van der Waals surface area contributed by atoms with Gasteiger partial charge in [-0.3, -0.25) is 4.79 Å². The van der Waals surface area contributed by atoms with Crippen LogP contribution < -0.4 is 5.32 Å². The summed E-state index contributed by atoms with van der Waals surface area (Å²) in [4.78, 5) is 11.8. The Morgan fingerprint density at radius 3 is 2.59 bits per heavy atom. The van der Waals surface area contributed by atoms with Crippen molar-refractivity contribution in [1.82, 2.24) is 5.32 Å². The number of carbonyl (C=O) groups excluding carboxylic acids is 1. The Balaban J connectivity index is 2.08. The number of piperidine rings is 1. The minimum absolute atomic E-state index is 0.0512. The molecule has 0 bridgehead atoms. The molecule has 1 atom stereocenters. The van der Waals surface area contributed by atoms with Gasteiger partial charge in [0.25, 0.3) is 0 Å². The Hall–Kier alpha value is -1.29. The van der Waals surface area contributed by atoms with Gasteiger partial charge in [-0.1, -0.05) is 12.5 Å². The van der Waals surface area contributed by atoms with E-state index in [4.69, 9.17) is 0 Å². The lowest BCUT2D eigenvalue weighted by Gasteiger charge is -2.22. The lowest BCUT2D eigenvalue weighted by atomic mass is 9.96. The molecule has 0 spiro atoms. The molecule has 2 nitrogen and oxygen atoms in total. The van der Waals surface area contributed by atoms with E-state index >= 15 is 0 Å². The Morgan fingerprint density at radius 2 is 2.00 bits per heavy atom. The number of ketones is 1. The van der Waals surface area contributed by atoms with E-state index in [1.807, 2.05) is 0 Å². The minimum Gasteiger partial charge on any atom is -0.314 e. The normalized spacial score (nSPS) is 20.2. The van der Waals surface area contributed by atoms with Crippen molar-refractivity contribution in [2.24, 2.45) is 0 Å². The smallest absolute Gasteiger partial charge is 0.170 e. The second-order valence-electron chi connectivity index (χ2n) is 4.37. The maximum Gasteiger partial charge on any atom is 0.170 e. The maximum atomic E-state index is 13.4. The van der Waals surface area contributed by atoms with E-state index in [1.165, 1.54) is 6.07 Å². The van der Waals surface area contributed by atoms with Gasteiger partial charge in [0.1, 0.15) is 11.6 Å². The number of carbonyl (C=O) groups is 1. The van der Waals surface area contributed by atoms with Crippen LogP contribution in [-0.2, 0) is 0 Å². The highest BCUT2D eigenvalue weighted by molar-refractivity contribution is 5.96. The average molecular weight is 239 g/mol. The molecule has 1 aromatic carbocycles. The molecule has 17 heavy (non-hydrogen) atoms. The molecule has 1 heterocycles. The second-order valence-corrected chi connectivity index (χ2v) is 4.37.